The van der Waals surface area contributed by atoms with E-state index in [4.69, 9.17) is 17.2 Å². The highest BCUT2D eigenvalue weighted by Gasteiger charge is 2.41. The van der Waals surface area contributed by atoms with Crippen LogP contribution in [0.5, 0.6) is 0 Å². The monoisotopic (exact) mass is 1180 g/mol. The number of unbranched alkanes of at least 4 members (excludes halogenated alkanes) is 4. The Morgan fingerprint density at radius 3 is 1.95 bits per heavy atom. The molecule has 0 unspecified atom stereocenters. The molecule has 0 spiro atoms. The van der Waals surface area contributed by atoms with Gasteiger partial charge in [0.25, 0.3) is 0 Å². The third-order valence-corrected chi connectivity index (χ3v) is 15.4. The van der Waals surface area contributed by atoms with E-state index in [1.807, 2.05) is 44.2 Å². The molecule has 0 radical (unpaired) electrons. The molecule has 2 fully saturated rings. The maximum atomic E-state index is 14.5. The molecule has 25 nitrogen and oxygen atoms in total. The number of piperidine rings is 1. The van der Waals surface area contributed by atoms with Gasteiger partial charge in [-0.2, -0.15) is 0 Å². The van der Waals surface area contributed by atoms with E-state index in [1.165, 1.54) is 9.80 Å². The van der Waals surface area contributed by atoms with Gasteiger partial charge in [-0.1, -0.05) is 111 Å². The standard InChI is InChI=1S/C59H97N13O12/c1-9-11-12-13-17-26-48(74)71-28-19-23-40(35-71)57(83)70(8)46(32-39-21-15-14-16-22-39)55(81)64-34-47(73)65-44(31-37(5)6)58(84)72-29-20-25-45(72)56(82)68-42(30-36(3)4)53(79)67-43(33-49(75)76)54(80)66-41(24-18-27-63-59(61)62)52(78)69-50(51(60)77)38(7)10-2/h14-16,21-22,36-38,40-46,50H,9-13,17-20,23-35H2,1-8H3,(H2,60,77)(H,64,81)(H,65,73)(H,66,80)(H,67,79)(H,68,82)(H,69,78)(H,75,76)(H4,61,62,63)/t38-,40-,41-,42-,43-,44-,45-,46-,50-/m0/s1. The molecule has 9 atom stereocenters. The van der Waals surface area contributed by atoms with Crippen LogP contribution in [0.3, 0.4) is 0 Å². The highest BCUT2D eigenvalue weighted by molar-refractivity contribution is 5.99. The number of nitrogens with two attached hydrogens (primary N) is 3. The maximum absolute atomic E-state index is 14.5. The molecule has 2 aliphatic heterocycles. The normalized spacial score (nSPS) is 17.5. The van der Waals surface area contributed by atoms with Gasteiger partial charge in [-0.05, 0) is 81.1 Å². The van der Waals surface area contributed by atoms with Gasteiger partial charge in [0.05, 0.1) is 18.9 Å². The van der Waals surface area contributed by atoms with E-state index < -0.39 is 114 Å². The number of carboxylic acid groups (broad SMARTS) is 1. The molecule has 2 heterocycles. The molecule has 1 aromatic carbocycles. The van der Waals surface area contributed by atoms with E-state index in [2.05, 4.69) is 43.8 Å². The summed E-state index contributed by atoms with van der Waals surface area (Å²) in [6.07, 6.45) is 7.21. The summed E-state index contributed by atoms with van der Waals surface area (Å²) in [5.41, 5.74) is 17.3. The largest absolute Gasteiger partial charge is 0.481 e. The average molecular weight is 1180 g/mol. The van der Waals surface area contributed by atoms with Gasteiger partial charge in [-0.25, -0.2) is 0 Å². The fraction of sp³-hybridized carbons (Fsp3) is 0.695. The number of guanidine groups is 1. The number of nitrogens with zero attached hydrogens (tertiary/aromatic N) is 4. The van der Waals surface area contributed by atoms with Crippen LogP contribution in [-0.4, -0.2) is 173 Å². The van der Waals surface area contributed by atoms with Crippen molar-refractivity contribution in [2.75, 3.05) is 39.8 Å². The Balaban J connectivity index is 1.77. The smallest absolute Gasteiger partial charge is 0.305 e. The second kappa shape index (κ2) is 36.4. The number of likely N-dealkylation sites (tertiary alicyclic amines) is 2. The first-order valence-electron chi connectivity index (χ1n) is 30.0. The van der Waals surface area contributed by atoms with E-state index >= 15 is 0 Å². The Morgan fingerprint density at radius 2 is 1.33 bits per heavy atom. The van der Waals surface area contributed by atoms with Crippen molar-refractivity contribution in [3.05, 3.63) is 35.9 Å². The Morgan fingerprint density at radius 1 is 0.714 bits per heavy atom. The lowest BCUT2D eigenvalue weighted by Gasteiger charge is -2.36. The summed E-state index contributed by atoms with van der Waals surface area (Å²) in [5.74, 6) is -9.38. The van der Waals surface area contributed by atoms with Crippen LogP contribution >= 0.6 is 0 Å². The van der Waals surface area contributed by atoms with Gasteiger partial charge in [0.1, 0.15) is 42.3 Å². The second-order valence-electron chi connectivity index (χ2n) is 23.3. The van der Waals surface area contributed by atoms with Gasteiger partial charge in [-0.15, -0.1) is 0 Å². The number of aliphatic carboxylic acids is 1. The molecule has 2 aliphatic rings. The van der Waals surface area contributed by atoms with Crippen molar-refractivity contribution in [3.63, 3.8) is 0 Å². The Labute approximate surface area is 495 Å². The minimum atomic E-state index is -1.76. The van der Waals surface area contributed by atoms with Crippen LogP contribution in [-0.2, 0) is 59.2 Å². The van der Waals surface area contributed by atoms with Gasteiger partial charge in [0.15, 0.2) is 5.96 Å². The topological polar surface area (TPSA) is 380 Å². The van der Waals surface area contributed by atoms with Crippen molar-refractivity contribution in [1.29, 1.82) is 0 Å². The lowest BCUT2D eigenvalue weighted by atomic mass is 9.94. The molecule has 0 aromatic heterocycles. The number of nitrogens with one attached hydrogen (secondary N) is 6. The molecular formula is C59H97N13O12. The zero-order valence-corrected chi connectivity index (χ0v) is 50.8. The number of carbonyl (C=O) groups is 11. The predicted molar refractivity (Wildman–Crippen MR) is 317 cm³/mol. The van der Waals surface area contributed by atoms with Crippen molar-refractivity contribution >= 4 is 71.0 Å². The molecule has 0 saturated carbocycles. The second-order valence-corrected chi connectivity index (χ2v) is 23.3. The van der Waals surface area contributed by atoms with Crippen molar-refractivity contribution < 1.29 is 57.8 Å². The molecule has 1 aromatic rings. The van der Waals surface area contributed by atoms with E-state index in [-0.39, 0.29) is 93.7 Å². The zero-order valence-electron chi connectivity index (χ0n) is 50.8. The number of hydrogen-bond acceptors (Lipinski definition) is 12. The molecule has 3 rings (SSSR count). The third kappa shape index (κ3) is 24.1. The first-order chi connectivity index (χ1) is 39.8. The van der Waals surface area contributed by atoms with E-state index in [0.717, 1.165) is 37.7 Å². The molecule has 84 heavy (non-hydrogen) atoms. The van der Waals surface area contributed by atoms with Crippen molar-refractivity contribution in [3.8, 4) is 0 Å². The highest BCUT2D eigenvalue weighted by atomic mass is 16.4. The maximum Gasteiger partial charge on any atom is 0.305 e. The lowest BCUT2D eigenvalue weighted by molar-refractivity contribution is -0.145. The van der Waals surface area contributed by atoms with Crippen molar-refractivity contribution in [2.24, 2.45) is 45.9 Å². The van der Waals surface area contributed by atoms with Gasteiger partial charge in [0, 0.05) is 46.1 Å². The first-order valence-corrected chi connectivity index (χ1v) is 30.0. The Kier molecular flexibility index (Phi) is 30.7. The minimum absolute atomic E-state index is 0.0187. The summed E-state index contributed by atoms with van der Waals surface area (Å²) in [6, 6.07) is 0.313. The molecular weight excluding hydrogens is 1080 g/mol. The first kappa shape index (κ1) is 70.9. The molecule has 2 saturated heterocycles. The summed E-state index contributed by atoms with van der Waals surface area (Å²) in [6.45, 7) is 13.3. The quantitative estimate of drug-likeness (QED) is 0.0258. The average Bonchev–Trinajstić information content (AvgIpc) is 4.08. The van der Waals surface area contributed by atoms with E-state index in [1.54, 1.807) is 39.6 Å². The number of likely N-dealkylation sites (N-methyl/N-ethyl adjacent to an activating group) is 1. The number of aliphatic imine (C=N–C) groups is 1. The summed E-state index contributed by atoms with van der Waals surface area (Å²) >= 11 is 0. The predicted octanol–water partition coefficient (Wildman–Crippen LogP) is 1.34. The van der Waals surface area contributed by atoms with E-state index in [9.17, 15) is 57.8 Å². The van der Waals surface area contributed by atoms with Crippen LogP contribution in [0.2, 0.25) is 0 Å². The number of rotatable bonds is 36. The molecule has 25 heteroatoms. The molecule has 10 amide bonds. The van der Waals surface area contributed by atoms with Gasteiger partial charge in [0.2, 0.25) is 59.1 Å². The SMILES string of the molecule is CCCCCCCC(=O)N1CCC[C@H](C(=O)N(C)[C@@H](Cc2ccccc2)C(=O)NCC(=O)N[C@@H](CC(C)C)C(=O)N2CCC[C@H]2C(=O)N[C@@H](CC(C)C)C(=O)N[C@@H](CC(=O)O)C(=O)N[C@@H](CCCN=C(N)N)C(=O)N[C@H](C(N)=O)[C@@H](C)CC)C1. The molecule has 0 aliphatic carbocycles. The number of carboxylic acids is 1. The molecule has 13 N–H and O–H groups in total. The summed E-state index contributed by atoms with van der Waals surface area (Å²) in [7, 11) is 1.55. The third-order valence-electron chi connectivity index (χ3n) is 15.4. The van der Waals surface area contributed by atoms with Gasteiger partial charge >= 0.3 is 5.97 Å². The Hall–Kier alpha value is -7.34. The van der Waals surface area contributed by atoms with Crippen LogP contribution in [0.25, 0.3) is 0 Å². The summed E-state index contributed by atoms with van der Waals surface area (Å²) < 4.78 is 0. The molecule has 0 bridgehead atoms. The number of amides is 10. The number of carbonyl (C=O) groups excluding carboxylic acids is 10. The summed E-state index contributed by atoms with van der Waals surface area (Å²) in [4.78, 5) is 158. The number of hydrogen-bond donors (Lipinski definition) is 10. The zero-order chi connectivity index (χ0) is 62.6. The lowest BCUT2D eigenvalue weighted by Crippen LogP contribution is -2.60. The highest BCUT2D eigenvalue weighted by Crippen LogP contribution is 2.24. The van der Waals surface area contributed by atoms with Crippen LogP contribution < -0.4 is 49.1 Å². The fourth-order valence-corrected chi connectivity index (χ4v) is 10.5. The molecule has 470 valence electrons. The van der Waals surface area contributed by atoms with Gasteiger partial charge in [-0.3, -0.25) is 57.7 Å². The van der Waals surface area contributed by atoms with E-state index in [0.29, 0.717) is 38.6 Å². The van der Waals surface area contributed by atoms with Crippen LogP contribution in [0.15, 0.2) is 35.3 Å². The Bertz CT molecular complexity index is 2400. The van der Waals surface area contributed by atoms with Crippen LogP contribution in [0.4, 0.5) is 0 Å². The number of primary amides is 1. The number of benzene rings is 1. The van der Waals surface area contributed by atoms with Crippen LogP contribution in [0.1, 0.15) is 157 Å². The van der Waals surface area contributed by atoms with Gasteiger partial charge < -0.3 is 68.9 Å². The van der Waals surface area contributed by atoms with Crippen molar-refractivity contribution in [2.45, 2.75) is 200 Å². The fourth-order valence-electron chi connectivity index (χ4n) is 10.5. The van der Waals surface area contributed by atoms with Crippen LogP contribution in [0, 0.1) is 23.7 Å². The summed E-state index contributed by atoms with van der Waals surface area (Å²) in [5, 5.41) is 25.5. The van der Waals surface area contributed by atoms with Crippen molar-refractivity contribution in [1.82, 2.24) is 46.6 Å². The minimum Gasteiger partial charge on any atom is -0.481 e.